The van der Waals surface area contributed by atoms with Crippen LogP contribution in [0.1, 0.15) is 32.3 Å². The van der Waals surface area contributed by atoms with Crippen molar-refractivity contribution < 1.29 is 9.32 Å². The van der Waals surface area contributed by atoms with Crippen LogP contribution in [0.3, 0.4) is 0 Å². The summed E-state index contributed by atoms with van der Waals surface area (Å²) in [7, 11) is 0. The number of thiophene rings is 1. The third kappa shape index (κ3) is 2.23. The van der Waals surface area contributed by atoms with Crippen molar-refractivity contribution in [3.8, 4) is 0 Å². The summed E-state index contributed by atoms with van der Waals surface area (Å²) in [5.41, 5.74) is 9.75. The highest BCUT2D eigenvalue weighted by molar-refractivity contribution is 7.21. The lowest BCUT2D eigenvalue weighted by Gasteiger charge is -2.05. The molecular formula is C15H16N4O2S. The van der Waals surface area contributed by atoms with Gasteiger partial charge in [0, 0.05) is 17.1 Å². The molecule has 0 radical (unpaired) electrons. The van der Waals surface area contributed by atoms with Crippen LogP contribution in [0.15, 0.2) is 10.6 Å². The lowest BCUT2D eigenvalue weighted by Crippen LogP contribution is -2.12. The normalized spacial score (nSPS) is 11.1. The molecule has 3 N–H and O–H groups in total. The quantitative estimate of drug-likeness (QED) is 0.756. The van der Waals surface area contributed by atoms with E-state index in [2.05, 4.69) is 15.5 Å². The number of aryl methyl sites for hydroxylation is 3. The summed E-state index contributed by atoms with van der Waals surface area (Å²) in [6.45, 7) is 7.72. The molecule has 0 saturated carbocycles. The number of hydrogen-bond acceptors (Lipinski definition) is 6. The summed E-state index contributed by atoms with van der Waals surface area (Å²) in [6, 6.07) is 1.65. The molecule has 0 saturated heterocycles. The third-order valence-corrected chi connectivity index (χ3v) is 4.85. The van der Waals surface area contributed by atoms with Gasteiger partial charge in [-0.2, -0.15) is 0 Å². The highest BCUT2D eigenvalue weighted by Crippen LogP contribution is 2.36. The Morgan fingerprint density at radius 3 is 2.64 bits per heavy atom. The summed E-state index contributed by atoms with van der Waals surface area (Å²) in [6.07, 6.45) is 0. The number of nitrogens with two attached hydrogens (primary N) is 1. The van der Waals surface area contributed by atoms with Gasteiger partial charge in [0.2, 0.25) is 0 Å². The fraction of sp³-hybridized carbons (Fsp3) is 0.267. The minimum absolute atomic E-state index is 0.302. The summed E-state index contributed by atoms with van der Waals surface area (Å²) in [4.78, 5) is 18.2. The number of rotatable bonds is 2. The lowest BCUT2D eigenvalue weighted by molar-refractivity contribution is 0.103. The SMILES string of the molecule is Cc1cc(NC(=O)c2sc3nc(C)c(C)c(C)c3c2N)no1. The number of hydrogen-bond donors (Lipinski definition) is 2. The molecule has 7 heteroatoms. The van der Waals surface area contributed by atoms with Crippen LogP contribution in [0.25, 0.3) is 10.2 Å². The fourth-order valence-corrected chi connectivity index (χ4v) is 3.43. The highest BCUT2D eigenvalue weighted by Gasteiger charge is 2.21. The van der Waals surface area contributed by atoms with Crippen LogP contribution in [-0.2, 0) is 0 Å². The molecule has 0 spiro atoms. The number of carbonyl (C=O) groups is 1. The minimum Gasteiger partial charge on any atom is -0.397 e. The van der Waals surface area contributed by atoms with Crippen molar-refractivity contribution in [2.75, 3.05) is 11.1 Å². The second-order valence-corrected chi connectivity index (χ2v) is 6.25. The Balaban J connectivity index is 2.06. The molecule has 3 aromatic heterocycles. The Bertz CT molecular complexity index is 895. The first-order valence-electron chi connectivity index (χ1n) is 6.79. The van der Waals surface area contributed by atoms with Gasteiger partial charge in [-0.15, -0.1) is 11.3 Å². The molecule has 0 unspecified atom stereocenters. The molecule has 3 aromatic rings. The van der Waals surface area contributed by atoms with Crippen LogP contribution >= 0.6 is 11.3 Å². The van der Waals surface area contributed by atoms with E-state index >= 15 is 0 Å². The molecule has 6 nitrogen and oxygen atoms in total. The number of nitrogens with zero attached hydrogens (tertiary/aromatic N) is 2. The molecule has 0 bridgehead atoms. The molecule has 0 fully saturated rings. The molecule has 0 aliphatic rings. The van der Waals surface area contributed by atoms with Crippen molar-refractivity contribution >= 4 is 39.0 Å². The van der Waals surface area contributed by atoms with Crippen LogP contribution in [0.5, 0.6) is 0 Å². The van der Waals surface area contributed by atoms with Crippen molar-refractivity contribution in [2.24, 2.45) is 0 Å². The zero-order valence-corrected chi connectivity index (χ0v) is 13.6. The number of pyridine rings is 1. The van der Waals surface area contributed by atoms with Gasteiger partial charge in [0.1, 0.15) is 15.5 Å². The predicted molar refractivity (Wildman–Crippen MR) is 87.4 cm³/mol. The second kappa shape index (κ2) is 5.10. The first-order valence-corrected chi connectivity index (χ1v) is 7.60. The van der Waals surface area contributed by atoms with E-state index in [1.165, 1.54) is 11.3 Å². The Hall–Kier alpha value is -2.41. The average Bonchev–Trinajstić information content (AvgIpc) is 3.00. The zero-order chi connectivity index (χ0) is 16.0. The van der Waals surface area contributed by atoms with Gasteiger partial charge < -0.3 is 15.6 Å². The van der Waals surface area contributed by atoms with Gasteiger partial charge >= 0.3 is 0 Å². The maximum atomic E-state index is 12.4. The topological polar surface area (TPSA) is 94.0 Å². The number of fused-ring (bicyclic) bond motifs is 1. The van der Waals surface area contributed by atoms with Crippen LogP contribution < -0.4 is 11.1 Å². The van der Waals surface area contributed by atoms with Gasteiger partial charge in [-0.3, -0.25) is 4.79 Å². The predicted octanol–water partition coefficient (Wildman–Crippen LogP) is 3.35. The number of nitrogen functional groups attached to an aromatic ring is 1. The second-order valence-electron chi connectivity index (χ2n) is 5.25. The fourth-order valence-electron chi connectivity index (χ4n) is 2.33. The molecule has 3 rings (SSSR count). The van der Waals surface area contributed by atoms with E-state index in [4.69, 9.17) is 10.3 Å². The van der Waals surface area contributed by atoms with Gasteiger partial charge in [-0.25, -0.2) is 4.98 Å². The number of anilines is 2. The molecular weight excluding hydrogens is 300 g/mol. The molecule has 0 atom stereocenters. The maximum absolute atomic E-state index is 12.4. The van der Waals surface area contributed by atoms with Crippen LogP contribution in [-0.4, -0.2) is 16.0 Å². The average molecular weight is 316 g/mol. The lowest BCUT2D eigenvalue weighted by atomic mass is 10.1. The van der Waals surface area contributed by atoms with Gasteiger partial charge in [-0.05, 0) is 38.8 Å². The number of aromatic nitrogens is 2. The Kier molecular flexibility index (Phi) is 3.37. The van der Waals surface area contributed by atoms with E-state index in [0.717, 1.165) is 27.0 Å². The number of nitrogens with one attached hydrogen (secondary N) is 1. The van der Waals surface area contributed by atoms with Gasteiger partial charge in [0.25, 0.3) is 5.91 Å². The Labute approximate surface area is 131 Å². The Morgan fingerprint density at radius 1 is 1.27 bits per heavy atom. The number of amides is 1. The van der Waals surface area contributed by atoms with Gasteiger partial charge in [0.05, 0.1) is 5.69 Å². The summed E-state index contributed by atoms with van der Waals surface area (Å²) < 4.78 is 4.94. The molecule has 0 aromatic carbocycles. The van der Waals surface area contributed by atoms with E-state index in [9.17, 15) is 4.79 Å². The molecule has 114 valence electrons. The van der Waals surface area contributed by atoms with Crippen LogP contribution in [0.4, 0.5) is 11.5 Å². The van der Waals surface area contributed by atoms with E-state index in [1.807, 2.05) is 20.8 Å². The van der Waals surface area contributed by atoms with E-state index in [-0.39, 0.29) is 5.91 Å². The molecule has 0 aliphatic carbocycles. The van der Waals surface area contributed by atoms with E-state index < -0.39 is 0 Å². The van der Waals surface area contributed by atoms with Gasteiger partial charge in [0.15, 0.2) is 5.82 Å². The van der Waals surface area contributed by atoms with Crippen molar-refractivity contribution in [1.82, 2.24) is 10.1 Å². The molecule has 0 aliphatic heterocycles. The van der Waals surface area contributed by atoms with Gasteiger partial charge in [-0.1, -0.05) is 5.16 Å². The third-order valence-electron chi connectivity index (χ3n) is 3.75. The zero-order valence-electron chi connectivity index (χ0n) is 12.8. The summed E-state index contributed by atoms with van der Waals surface area (Å²) in [5, 5.41) is 7.30. The van der Waals surface area contributed by atoms with Crippen LogP contribution in [0, 0.1) is 27.7 Å². The Morgan fingerprint density at radius 2 is 2.00 bits per heavy atom. The van der Waals surface area contributed by atoms with Crippen molar-refractivity contribution in [1.29, 1.82) is 0 Å². The summed E-state index contributed by atoms with van der Waals surface area (Å²) in [5.74, 6) is 0.697. The molecule has 3 heterocycles. The standard InChI is InChI=1S/C15H16N4O2S/c1-6-5-10(19-21-6)18-14(20)13-12(16)11-8(3)7(2)9(4)17-15(11)22-13/h5H,16H2,1-4H3,(H,18,19,20). The van der Waals surface area contributed by atoms with Crippen LogP contribution in [0.2, 0.25) is 0 Å². The molecule has 1 amide bonds. The van der Waals surface area contributed by atoms with Crippen molar-refractivity contribution in [3.05, 3.63) is 33.5 Å². The largest absolute Gasteiger partial charge is 0.397 e. The maximum Gasteiger partial charge on any atom is 0.269 e. The van der Waals surface area contributed by atoms with E-state index in [1.54, 1.807) is 13.0 Å². The summed E-state index contributed by atoms with van der Waals surface area (Å²) >= 11 is 1.29. The van der Waals surface area contributed by atoms with Crippen molar-refractivity contribution in [3.63, 3.8) is 0 Å². The van der Waals surface area contributed by atoms with E-state index in [0.29, 0.717) is 22.1 Å². The first-order chi connectivity index (χ1) is 10.4. The van der Waals surface area contributed by atoms with Crippen molar-refractivity contribution in [2.45, 2.75) is 27.7 Å². The number of carbonyl (C=O) groups excluding carboxylic acids is 1. The minimum atomic E-state index is -0.302. The molecule has 22 heavy (non-hydrogen) atoms. The smallest absolute Gasteiger partial charge is 0.269 e. The monoisotopic (exact) mass is 316 g/mol. The first kappa shape index (κ1) is 14.5. The highest BCUT2D eigenvalue weighted by atomic mass is 32.1.